The lowest BCUT2D eigenvalue weighted by Gasteiger charge is -2.10. The quantitative estimate of drug-likeness (QED) is 0.500. The van der Waals surface area contributed by atoms with Gasteiger partial charge in [-0.05, 0) is 54.2 Å². The Hall–Kier alpha value is -3.19. The SMILES string of the molecule is CC(C)CC(=O)c1cc(-c2nc(C3CC3)co2)cc(-c2ccccc2C#N)c1. The van der Waals surface area contributed by atoms with Crippen molar-refractivity contribution in [3.05, 3.63) is 65.5 Å². The first-order valence-electron chi connectivity index (χ1n) is 9.68. The molecule has 140 valence electrons. The van der Waals surface area contributed by atoms with Gasteiger partial charge < -0.3 is 4.42 Å². The number of carbonyl (C=O) groups is 1. The smallest absolute Gasteiger partial charge is 0.226 e. The number of carbonyl (C=O) groups excluding carboxylic acids is 1. The highest BCUT2D eigenvalue weighted by Gasteiger charge is 2.27. The van der Waals surface area contributed by atoms with Gasteiger partial charge in [0.2, 0.25) is 5.89 Å². The molecule has 1 aromatic heterocycles. The van der Waals surface area contributed by atoms with Gasteiger partial charge in [-0.3, -0.25) is 4.79 Å². The third-order valence-corrected chi connectivity index (χ3v) is 4.97. The van der Waals surface area contributed by atoms with Crippen LogP contribution in [0.5, 0.6) is 0 Å². The highest BCUT2D eigenvalue weighted by molar-refractivity contribution is 5.98. The summed E-state index contributed by atoms with van der Waals surface area (Å²) in [4.78, 5) is 17.4. The Labute approximate surface area is 164 Å². The van der Waals surface area contributed by atoms with Gasteiger partial charge in [-0.15, -0.1) is 0 Å². The van der Waals surface area contributed by atoms with E-state index in [1.807, 2.05) is 50.2 Å². The van der Waals surface area contributed by atoms with E-state index < -0.39 is 0 Å². The summed E-state index contributed by atoms with van der Waals surface area (Å²) < 4.78 is 5.73. The van der Waals surface area contributed by atoms with Gasteiger partial charge in [-0.1, -0.05) is 32.0 Å². The summed E-state index contributed by atoms with van der Waals surface area (Å²) in [7, 11) is 0. The standard InChI is InChI=1S/C24H22N2O2/c1-15(2)9-23(27)19-10-18(21-6-4-3-5-17(21)13-25)11-20(12-19)24-26-22(14-28-24)16-7-8-16/h3-6,10-12,14-16H,7-9H2,1-2H3. The molecule has 1 aliphatic rings. The van der Waals surface area contributed by atoms with Crippen molar-refractivity contribution in [2.75, 3.05) is 0 Å². The van der Waals surface area contributed by atoms with Crippen LogP contribution in [0, 0.1) is 17.2 Å². The van der Waals surface area contributed by atoms with Crippen molar-refractivity contribution in [1.29, 1.82) is 5.26 Å². The zero-order valence-corrected chi connectivity index (χ0v) is 16.1. The average Bonchev–Trinajstić information content (AvgIpc) is 3.43. The summed E-state index contributed by atoms with van der Waals surface area (Å²) >= 11 is 0. The molecule has 0 spiro atoms. The molecular weight excluding hydrogens is 348 g/mol. The van der Waals surface area contributed by atoms with Crippen molar-refractivity contribution in [3.63, 3.8) is 0 Å². The number of ketones is 1. The maximum Gasteiger partial charge on any atom is 0.226 e. The topological polar surface area (TPSA) is 66.9 Å². The molecule has 0 atom stereocenters. The normalized spacial score (nSPS) is 13.5. The van der Waals surface area contributed by atoms with Crippen LogP contribution in [0.2, 0.25) is 0 Å². The summed E-state index contributed by atoms with van der Waals surface area (Å²) in [5, 5.41) is 9.49. The maximum atomic E-state index is 12.8. The van der Waals surface area contributed by atoms with Crippen LogP contribution >= 0.6 is 0 Å². The highest BCUT2D eigenvalue weighted by atomic mass is 16.3. The summed E-state index contributed by atoms with van der Waals surface area (Å²) in [6, 6.07) is 15.3. The fourth-order valence-corrected chi connectivity index (χ4v) is 3.37. The van der Waals surface area contributed by atoms with Crippen LogP contribution in [-0.4, -0.2) is 10.8 Å². The lowest BCUT2D eigenvalue weighted by atomic mass is 9.93. The minimum absolute atomic E-state index is 0.0847. The summed E-state index contributed by atoms with van der Waals surface area (Å²) in [5.74, 6) is 1.38. The van der Waals surface area contributed by atoms with Crippen LogP contribution in [-0.2, 0) is 0 Å². The lowest BCUT2D eigenvalue weighted by Crippen LogP contribution is -2.04. The molecule has 3 aromatic rings. The molecule has 28 heavy (non-hydrogen) atoms. The molecule has 1 aliphatic carbocycles. The Bertz CT molecular complexity index is 1070. The molecule has 0 N–H and O–H groups in total. The minimum atomic E-state index is 0.0847. The van der Waals surface area contributed by atoms with Crippen LogP contribution < -0.4 is 0 Å². The van der Waals surface area contributed by atoms with Gasteiger partial charge in [-0.2, -0.15) is 5.26 Å². The third-order valence-electron chi connectivity index (χ3n) is 4.97. The molecule has 0 amide bonds. The highest BCUT2D eigenvalue weighted by Crippen LogP contribution is 2.40. The minimum Gasteiger partial charge on any atom is -0.444 e. The number of nitriles is 1. The number of rotatable bonds is 6. The number of hydrogen-bond acceptors (Lipinski definition) is 4. The van der Waals surface area contributed by atoms with Crippen molar-refractivity contribution >= 4 is 5.78 Å². The van der Waals surface area contributed by atoms with Crippen molar-refractivity contribution in [1.82, 2.24) is 4.98 Å². The number of Topliss-reactive ketones (excluding diaryl/α,β-unsaturated/α-hetero) is 1. The molecule has 4 rings (SSSR count). The van der Waals surface area contributed by atoms with E-state index in [9.17, 15) is 10.1 Å². The van der Waals surface area contributed by atoms with Crippen LogP contribution in [0.1, 0.15) is 60.6 Å². The average molecular weight is 370 g/mol. The third kappa shape index (κ3) is 3.75. The molecule has 2 aromatic carbocycles. The van der Waals surface area contributed by atoms with E-state index in [1.165, 1.54) is 0 Å². The molecule has 4 heteroatoms. The largest absolute Gasteiger partial charge is 0.444 e. The monoisotopic (exact) mass is 370 g/mol. The van der Waals surface area contributed by atoms with Crippen LogP contribution in [0.3, 0.4) is 0 Å². The molecule has 1 fully saturated rings. The second kappa shape index (κ2) is 7.44. The molecule has 1 heterocycles. The molecule has 0 bridgehead atoms. The van der Waals surface area contributed by atoms with Gasteiger partial charge in [0.15, 0.2) is 5.78 Å². The molecular formula is C24H22N2O2. The second-order valence-corrected chi connectivity index (χ2v) is 7.83. The number of benzene rings is 2. The molecule has 0 radical (unpaired) electrons. The van der Waals surface area contributed by atoms with E-state index in [0.717, 1.165) is 35.2 Å². The molecule has 0 saturated heterocycles. The first kappa shape index (κ1) is 18.2. The number of hydrogen-bond donors (Lipinski definition) is 0. The van der Waals surface area contributed by atoms with Crippen LogP contribution in [0.25, 0.3) is 22.6 Å². The van der Waals surface area contributed by atoms with Gasteiger partial charge in [0.25, 0.3) is 0 Å². The van der Waals surface area contributed by atoms with E-state index in [-0.39, 0.29) is 11.7 Å². The Morgan fingerprint density at radius 2 is 1.96 bits per heavy atom. The predicted molar refractivity (Wildman–Crippen MR) is 108 cm³/mol. The Morgan fingerprint density at radius 3 is 2.68 bits per heavy atom. The van der Waals surface area contributed by atoms with E-state index >= 15 is 0 Å². The van der Waals surface area contributed by atoms with Crippen molar-refractivity contribution in [2.24, 2.45) is 5.92 Å². The van der Waals surface area contributed by atoms with Gasteiger partial charge >= 0.3 is 0 Å². The Kier molecular flexibility index (Phi) is 4.83. The number of aromatic nitrogens is 1. The number of nitrogens with zero attached hydrogens (tertiary/aromatic N) is 2. The summed E-state index contributed by atoms with van der Waals surface area (Å²) in [6.45, 7) is 4.06. The Morgan fingerprint density at radius 1 is 1.21 bits per heavy atom. The second-order valence-electron chi connectivity index (χ2n) is 7.83. The lowest BCUT2D eigenvalue weighted by molar-refractivity contribution is 0.0968. The molecule has 1 saturated carbocycles. The first-order chi connectivity index (χ1) is 13.5. The predicted octanol–water partition coefficient (Wildman–Crippen LogP) is 5.99. The van der Waals surface area contributed by atoms with E-state index in [2.05, 4.69) is 11.1 Å². The van der Waals surface area contributed by atoms with E-state index in [4.69, 9.17) is 4.42 Å². The maximum absolute atomic E-state index is 12.8. The zero-order valence-electron chi connectivity index (χ0n) is 16.1. The van der Waals surface area contributed by atoms with Crippen LogP contribution in [0.15, 0.2) is 53.1 Å². The van der Waals surface area contributed by atoms with Gasteiger partial charge in [0, 0.05) is 23.5 Å². The fourth-order valence-electron chi connectivity index (χ4n) is 3.37. The summed E-state index contributed by atoms with van der Waals surface area (Å²) in [5.41, 5.74) is 4.58. The zero-order chi connectivity index (χ0) is 19.7. The van der Waals surface area contributed by atoms with Crippen molar-refractivity contribution in [2.45, 2.75) is 39.0 Å². The van der Waals surface area contributed by atoms with Gasteiger partial charge in [-0.25, -0.2) is 4.98 Å². The van der Waals surface area contributed by atoms with E-state index in [1.54, 1.807) is 12.3 Å². The molecule has 0 unspecified atom stereocenters. The van der Waals surface area contributed by atoms with Gasteiger partial charge in [0.1, 0.15) is 6.26 Å². The first-order valence-corrected chi connectivity index (χ1v) is 9.68. The van der Waals surface area contributed by atoms with Crippen LogP contribution in [0.4, 0.5) is 0 Å². The van der Waals surface area contributed by atoms with Crippen molar-refractivity contribution in [3.8, 4) is 28.7 Å². The molecule has 0 aliphatic heterocycles. The van der Waals surface area contributed by atoms with Crippen molar-refractivity contribution < 1.29 is 9.21 Å². The summed E-state index contributed by atoms with van der Waals surface area (Å²) in [6.07, 6.45) is 4.50. The molecule has 4 nitrogen and oxygen atoms in total. The van der Waals surface area contributed by atoms with E-state index in [0.29, 0.717) is 29.4 Å². The Balaban J connectivity index is 1.83. The van der Waals surface area contributed by atoms with Gasteiger partial charge in [0.05, 0.1) is 17.3 Å². The fraction of sp³-hybridized carbons (Fsp3) is 0.292. The number of oxazole rings is 1.